The molecule has 3 aromatic carbocycles. The summed E-state index contributed by atoms with van der Waals surface area (Å²) < 4.78 is 38.9. The summed E-state index contributed by atoms with van der Waals surface area (Å²) in [4.78, 5) is 24.9. The highest BCUT2D eigenvalue weighted by Gasteiger charge is 2.20. The second-order valence-electron chi connectivity index (χ2n) is 7.69. The second-order valence-corrected chi connectivity index (χ2v) is 9.37. The van der Waals surface area contributed by atoms with E-state index >= 15 is 0 Å². The summed E-state index contributed by atoms with van der Waals surface area (Å²) in [5.41, 5.74) is 2.13. The maximum atomic E-state index is 13.0. The Balaban J connectivity index is 1.72. The Morgan fingerprint density at radius 1 is 0.829 bits per heavy atom. The maximum absolute atomic E-state index is 13.0. The predicted octanol–water partition coefficient (Wildman–Crippen LogP) is 4.67. The van der Waals surface area contributed by atoms with E-state index in [1.165, 1.54) is 32.4 Å². The molecule has 3 rings (SSSR count). The minimum atomic E-state index is -3.99. The van der Waals surface area contributed by atoms with Crippen molar-refractivity contribution in [1.29, 1.82) is 0 Å². The van der Waals surface area contributed by atoms with Crippen molar-refractivity contribution in [3.05, 3.63) is 77.9 Å². The van der Waals surface area contributed by atoms with Crippen molar-refractivity contribution in [2.45, 2.75) is 31.1 Å². The van der Waals surface area contributed by atoms with E-state index in [1.54, 1.807) is 36.4 Å². The molecule has 35 heavy (non-hydrogen) atoms. The summed E-state index contributed by atoms with van der Waals surface area (Å²) in [7, 11) is -1.13. The zero-order valence-electron chi connectivity index (χ0n) is 19.8. The number of sulfonamides is 1. The van der Waals surface area contributed by atoms with Crippen LogP contribution in [0.5, 0.6) is 11.5 Å². The molecule has 1 amide bonds. The quantitative estimate of drug-likeness (QED) is 0.373. The van der Waals surface area contributed by atoms with Gasteiger partial charge >= 0.3 is 0 Å². The number of aryl methyl sites for hydroxylation is 1. The van der Waals surface area contributed by atoms with Gasteiger partial charge in [-0.25, -0.2) is 8.42 Å². The Bertz CT molecular complexity index is 1300. The third-order valence-electron chi connectivity index (χ3n) is 5.37. The molecular formula is C26H28N2O6S. The Morgan fingerprint density at radius 3 is 2.14 bits per heavy atom. The van der Waals surface area contributed by atoms with Gasteiger partial charge in [-0.15, -0.1) is 0 Å². The number of benzene rings is 3. The monoisotopic (exact) mass is 496 g/mol. The van der Waals surface area contributed by atoms with E-state index < -0.39 is 15.9 Å². The van der Waals surface area contributed by atoms with Crippen molar-refractivity contribution in [3.8, 4) is 11.5 Å². The van der Waals surface area contributed by atoms with E-state index in [-0.39, 0.29) is 40.6 Å². The summed E-state index contributed by atoms with van der Waals surface area (Å²) in [5.74, 6) is 0.0735. The van der Waals surface area contributed by atoms with Gasteiger partial charge in [0.2, 0.25) is 5.91 Å². The molecule has 8 nitrogen and oxygen atoms in total. The SMILES string of the molecule is CCc1ccc(C(=O)CCC(=O)Nc2cc(S(=O)(=O)Nc3ccccc3OC)ccc2OC)cc1. The van der Waals surface area contributed by atoms with Crippen LogP contribution in [0.2, 0.25) is 0 Å². The van der Waals surface area contributed by atoms with Crippen molar-refractivity contribution in [3.63, 3.8) is 0 Å². The number of para-hydroxylation sites is 2. The van der Waals surface area contributed by atoms with Gasteiger partial charge in [-0.2, -0.15) is 0 Å². The van der Waals surface area contributed by atoms with Crippen molar-refractivity contribution < 1.29 is 27.5 Å². The van der Waals surface area contributed by atoms with Crippen molar-refractivity contribution in [2.24, 2.45) is 0 Å². The fourth-order valence-electron chi connectivity index (χ4n) is 3.40. The highest BCUT2D eigenvalue weighted by molar-refractivity contribution is 7.92. The molecule has 0 atom stereocenters. The summed E-state index contributed by atoms with van der Waals surface area (Å²) in [5, 5.41) is 2.65. The zero-order chi connectivity index (χ0) is 25.4. The van der Waals surface area contributed by atoms with Crippen molar-refractivity contribution in [2.75, 3.05) is 24.3 Å². The number of nitrogens with one attached hydrogen (secondary N) is 2. The minimum Gasteiger partial charge on any atom is -0.495 e. The number of hydrogen-bond donors (Lipinski definition) is 2. The highest BCUT2D eigenvalue weighted by atomic mass is 32.2. The van der Waals surface area contributed by atoms with Gasteiger partial charge in [0.1, 0.15) is 11.5 Å². The number of methoxy groups -OCH3 is 2. The molecule has 0 aliphatic heterocycles. The van der Waals surface area contributed by atoms with Crippen LogP contribution in [-0.4, -0.2) is 34.3 Å². The number of rotatable bonds is 11. The van der Waals surface area contributed by atoms with Crippen LogP contribution in [0.25, 0.3) is 0 Å². The normalized spacial score (nSPS) is 10.9. The second kappa shape index (κ2) is 11.5. The van der Waals surface area contributed by atoms with Gasteiger partial charge in [-0.1, -0.05) is 43.3 Å². The lowest BCUT2D eigenvalue weighted by Crippen LogP contribution is -2.16. The average molecular weight is 497 g/mol. The van der Waals surface area contributed by atoms with Crippen LogP contribution in [0.3, 0.4) is 0 Å². The summed E-state index contributed by atoms with van der Waals surface area (Å²) >= 11 is 0. The van der Waals surface area contributed by atoms with Crippen LogP contribution in [0, 0.1) is 0 Å². The molecule has 0 unspecified atom stereocenters. The summed E-state index contributed by atoms with van der Waals surface area (Å²) in [6.45, 7) is 2.03. The van der Waals surface area contributed by atoms with Crippen LogP contribution in [-0.2, 0) is 21.2 Å². The molecule has 2 N–H and O–H groups in total. The van der Waals surface area contributed by atoms with Crippen LogP contribution < -0.4 is 19.5 Å². The first-order valence-corrected chi connectivity index (χ1v) is 12.5. The lowest BCUT2D eigenvalue weighted by molar-refractivity contribution is -0.116. The van der Waals surface area contributed by atoms with Gasteiger partial charge in [0, 0.05) is 18.4 Å². The third kappa shape index (κ3) is 6.60. The largest absolute Gasteiger partial charge is 0.495 e. The molecule has 0 spiro atoms. The maximum Gasteiger partial charge on any atom is 0.262 e. The Hall–Kier alpha value is -3.85. The van der Waals surface area contributed by atoms with Crippen LogP contribution in [0.1, 0.15) is 35.7 Å². The van der Waals surface area contributed by atoms with Gasteiger partial charge in [0.15, 0.2) is 5.78 Å². The van der Waals surface area contributed by atoms with E-state index in [2.05, 4.69) is 10.0 Å². The molecule has 0 fully saturated rings. The molecule has 0 saturated carbocycles. The number of hydrogen-bond acceptors (Lipinski definition) is 6. The highest BCUT2D eigenvalue weighted by Crippen LogP contribution is 2.30. The number of ether oxygens (including phenoxy) is 2. The Labute approximate surface area is 205 Å². The number of carbonyl (C=O) groups is 2. The predicted molar refractivity (Wildman–Crippen MR) is 135 cm³/mol. The van der Waals surface area contributed by atoms with Gasteiger partial charge < -0.3 is 14.8 Å². The number of Topliss-reactive ketones (excluding diaryl/α,β-unsaturated/α-hetero) is 1. The number of carbonyl (C=O) groups excluding carboxylic acids is 2. The first kappa shape index (κ1) is 25.8. The average Bonchev–Trinajstić information content (AvgIpc) is 2.87. The van der Waals surface area contributed by atoms with E-state index in [1.807, 2.05) is 19.1 Å². The number of anilines is 2. The van der Waals surface area contributed by atoms with E-state index in [0.29, 0.717) is 11.3 Å². The fourth-order valence-corrected chi connectivity index (χ4v) is 4.49. The molecule has 0 radical (unpaired) electrons. The lowest BCUT2D eigenvalue weighted by atomic mass is 10.0. The molecular weight excluding hydrogens is 468 g/mol. The molecule has 9 heteroatoms. The van der Waals surface area contributed by atoms with Crippen LogP contribution in [0.4, 0.5) is 11.4 Å². The molecule has 0 saturated heterocycles. The van der Waals surface area contributed by atoms with Crippen molar-refractivity contribution in [1.82, 2.24) is 0 Å². The molecule has 3 aromatic rings. The lowest BCUT2D eigenvalue weighted by Gasteiger charge is -2.14. The molecule has 0 aromatic heterocycles. The third-order valence-corrected chi connectivity index (χ3v) is 6.73. The first-order chi connectivity index (χ1) is 16.8. The molecule has 0 aliphatic carbocycles. The molecule has 0 heterocycles. The first-order valence-electron chi connectivity index (χ1n) is 11.0. The molecule has 184 valence electrons. The molecule has 0 aliphatic rings. The van der Waals surface area contributed by atoms with Gasteiger partial charge in [0.25, 0.3) is 10.0 Å². The smallest absolute Gasteiger partial charge is 0.262 e. The van der Waals surface area contributed by atoms with Gasteiger partial charge in [-0.05, 0) is 42.3 Å². The van der Waals surface area contributed by atoms with E-state index in [9.17, 15) is 18.0 Å². The fraction of sp³-hybridized carbons (Fsp3) is 0.231. The van der Waals surface area contributed by atoms with Crippen LogP contribution >= 0.6 is 0 Å². The van der Waals surface area contributed by atoms with Crippen LogP contribution in [0.15, 0.2) is 71.6 Å². The van der Waals surface area contributed by atoms with Gasteiger partial charge in [-0.3, -0.25) is 14.3 Å². The Morgan fingerprint density at radius 2 is 1.49 bits per heavy atom. The number of amides is 1. The Kier molecular flexibility index (Phi) is 8.48. The zero-order valence-corrected chi connectivity index (χ0v) is 20.6. The number of ketones is 1. The summed E-state index contributed by atoms with van der Waals surface area (Å²) in [6.07, 6.45) is 0.836. The minimum absolute atomic E-state index is 0.0208. The van der Waals surface area contributed by atoms with Gasteiger partial charge in [0.05, 0.1) is 30.5 Å². The molecule has 0 bridgehead atoms. The topological polar surface area (TPSA) is 111 Å². The van der Waals surface area contributed by atoms with Crippen molar-refractivity contribution >= 4 is 33.1 Å². The standard InChI is InChI=1S/C26H28N2O6S/c1-4-18-9-11-19(12-10-18)23(29)14-16-26(30)27-22-17-20(13-15-25(22)34-3)35(31,32)28-21-7-5-6-8-24(21)33-2/h5-13,15,17,28H,4,14,16H2,1-3H3,(H,27,30). The summed E-state index contributed by atoms with van der Waals surface area (Å²) in [6, 6.07) is 18.0. The van der Waals surface area contributed by atoms with E-state index in [0.717, 1.165) is 12.0 Å². The van der Waals surface area contributed by atoms with E-state index in [4.69, 9.17) is 9.47 Å².